The summed E-state index contributed by atoms with van der Waals surface area (Å²) in [6.07, 6.45) is 9.86. The lowest BCUT2D eigenvalue weighted by Gasteiger charge is -2.40. The van der Waals surface area contributed by atoms with Crippen molar-refractivity contribution >= 4 is 0 Å². The maximum absolute atomic E-state index is 10.3. The van der Waals surface area contributed by atoms with E-state index in [1.807, 2.05) is 0 Å². The summed E-state index contributed by atoms with van der Waals surface area (Å²) in [5.41, 5.74) is 0. The lowest BCUT2D eigenvalue weighted by Crippen LogP contribution is -2.51. The van der Waals surface area contributed by atoms with E-state index in [0.29, 0.717) is 12.1 Å². The van der Waals surface area contributed by atoms with E-state index in [0.717, 1.165) is 30.6 Å². The Balaban J connectivity index is 1.96. The molecule has 0 radical (unpaired) electrons. The van der Waals surface area contributed by atoms with Gasteiger partial charge >= 0.3 is 0 Å². The standard InChI is InChI=1S/C17H33NO/c1-12(2)14-10-9-13(3)11-16(14)18-15-7-5-4-6-8-17(15)19/h12-19H,4-11H2,1-3H3. The molecule has 0 aromatic rings. The van der Waals surface area contributed by atoms with E-state index in [4.69, 9.17) is 0 Å². The molecule has 112 valence electrons. The van der Waals surface area contributed by atoms with Gasteiger partial charge in [-0.05, 0) is 43.4 Å². The Bertz CT molecular complexity index is 266. The maximum Gasteiger partial charge on any atom is 0.0693 e. The molecular formula is C17H33NO. The van der Waals surface area contributed by atoms with Gasteiger partial charge in [0.2, 0.25) is 0 Å². The molecule has 2 aliphatic carbocycles. The number of aliphatic hydroxyl groups is 1. The SMILES string of the molecule is CC1CCC(C(C)C)C(NC2CCCCCC2O)C1. The maximum atomic E-state index is 10.3. The number of hydrogen-bond acceptors (Lipinski definition) is 2. The van der Waals surface area contributed by atoms with Crippen LogP contribution in [-0.4, -0.2) is 23.3 Å². The molecular weight excluding hydrogens is 234 g/mol. The van der Waals surface area contributed by atoms with Crippen molar-refractivity contribution in [3.05, 3.63) is 0 Å². The predicted octanol–water partition coefficient (Wildman–Crippen LogP) is 3.73. The molecule has 0 amide bonds. The highest BCUT2D eigenvalue weighted by molar-refractivity contribution is 4.90. The monoisotopic (exact) mass is 267 g/mol. The highest BCUT2D eigenvalue weighted by Crippen LogP contribution is 2.34. The minimum atomic E-state index is -0.118. The van der Waals surface area contributed by atoms with Gasteiger partial charge in [0.15, 0.2) is 0 Å². The molecule has 0 saturated heterocycles. The van der Waals surface area contributed by atoms with Crippen molar-refractivity contribution < 1.29 is 5.11 Å². The summed E-state index contributed by atoms with van der Waals surface area (Å²) >= 11 is 0. The molecule has 2 rings (SSSR count). The molecule has 0 aliphatic heterocycles. The third kappa shape index (κ3) is 4.19. The molecule has 2 fully saturated rings. The van der Waals surface area contributed by atoms with E-state index in [9.17, 15) is 5.11 Å². The summed E-state index contributed by atoms with van der Waals surface area (Å²) in [4.78, 5) is 0. The van der Waals surface area contributed by atoms with Crippen LogP contribution in [-0.2, 0) is 0 Å². The van der Waals surface area contributed by atoms with Crippen molar-refractivity contribution in [1.82, 2.24) is 5.32 Å². The van der Waals surface area contributed by atoms with Gasteiger partial charge in [-0.2, -0.15) is 0 Å². The largest absolute Gasteiger partial charge is 0.392 e. The molecule has 0 heterocycles. The van der Waals surface area contributed by atoms with E-state index in [1.165, 1.54) is 38.5 Å². The smallest absolute Gasteiger partial charge is 0.0693 e. The molecule has 2 heteroatoms. The van der Waals surface area contributed by atoms with Crippen molar-refractivity contribution in [3.8, 4) is 0 Å². The zero-order valence-electron chi connectivity index (χ0n) is 13.1. The zero-order chi connectivity index (χ0) is 13.8. The molecule has 0 aromatic heterocycles. The first-order valence-electron chi connectivity index (χ1n) is 8.52. The Labute approximate surface area is 119 Å². The summed E-state index contributed by atoms with van der Waals surface area (Å²) < 4.78 is 0. The van der Waals surface area contributed by atoms with Gasteiger partial charge in [0.1, 0.15) is 0 Å². The van der Waals surface area contributed by atoms with Gasteiger partial charge in [-0.3, -0.25) is 0 Å². The van der Waals surface area contributed by atoms with Gasteiger partial charge in [0.05, 0.1) is 6.10 Å². The number of nitrogens with one attached hydrogen (secondary N) is 1. The van der Waals surface area contributed by atoms with Gasteiger partial charge in [-0.25, -0.2) is 0 Å². The van der Waals surface area contributed by atoms with Crippen molar-refractivity contribution in [3.63, 3.8) is 0 Å². The minimum absolute atomic E-state index is 0.118. The fourth-order valence-corrected chi connectivity index (χ4v) is 4.15. The van der Waals surface area contributed by atoms with Crippen LogP contribution in [0, 0.1) is 17.8 Å². The van der Waals surface area contributed by atoms with Crippen LogP contribution < -0.4 is 5.32 Å². The Morgan fingerprint density at radius 2 is 1.68 bits per heavy atom. The summed E-state index contributed by atoms with van der Waals surface area (Å²) in [6.45, 7) is 7.10. The second kappa shape index (κ2) is 7.08. The normalized spacial score (nSPS) is 41.2. The zero-order valence-corrected chi connectivity index (χ0v) is 13.1. The molecule has 0 aromatic carbocycles. The van der Waals surface area contributed by atoms with E-state index < -0.39 is 0 Å². The van der Waals surface area contributed by atoms with E-state index in [1.54, 1.807) is 0 Å². The Morgan fingerprint density at radius 3 is 2.42 bits per heavy atom. The lowest BCUT2D eigenvalue weighted by atomic mass is 9.73. The van der Waals surface area contributed by atoms with Gasteiger partial charge in [-0.15, -0.1) is 0 Å². The topological polar surface area (TPSA) is 32.3 Å². The van der Waals surface area contributed by atoms with Crippen LogP contribution in [0.3, 0.4) is 0 Å². The molecule has 0 spiro atoms. The Hall–Kier alpha value is -0.0800. The van der Waals surface area contributed by atoms with Crippen LogP contribution in [0.2, 0.25) is 0 Å². The highest BCUT2D eigenvalue weighted by Gasteiger charge is 2.33. The third-order valence-electron chi connectivity index (χ3n) is 5.43. The first-order valence-corrected chi connectivity index (χ1v) is 8.52. The first kappa shape index (κ1) is 15.3. The fourth-order valence-electron chi connectivity index (χ4n) is 4.15. The number of rotatable bonds is 3. The Morgan fingerprint density at radius 1 is 0.947 bits per heavy atom. The van der Waals surface area contributed by atoms with Crippen LogP contribution in [0.1, 0.15) is 72.1 Å². The van der Waals surface area contributed by atoms with Crippen molar-refractivity contribution in [1.29, 1.82) is 0 Å². The van der Waals surface area contributed by atoms with Gasteiger partial charge < -0.3 is 10.4 Å². The summed E-state index contributed by atoms with van der Waals surface area (Å²) in [5, 5.41) is 14.2. The molecule has 2 saturated carbocycles. The second-order valence-electron chi connectivity index (χ2n) is 7.41. The molecule has 2 nitrogen and oxygen atoms in total. The molecule has 19 heavy (non-hydrogen) atoms. The summed E-state index contributed by atoms with van der Waals surface area (Å²) in [7, 11) is 0. The van der Waals surface area contributed by atoms with Crippen LogP contribution in [0.25, 0.3) is 0 Å². The molecule has 5 unspecified atom stereocenters. The lowest BCUT2D eigenvalue weighted by molar-refractivity contribution is 0.0860. The quantitative estimate of drug-likeness (QED) is 0.764. The van der Waals surface area contributed by atoms with Crippen molar-refractivity contribution in [2.75, 3.05) is 0 Å². The minimum Gasteiger partial charge on any atom is -0.392 e. The fraction of sp³-hybridized carbons (Fsp3) is 1.00. The van der Waals surface area contributed by atoms with Gasteiger partial charge in [-0.1, -0.05) is 46.5 Å². The summed E-state index contributed by atoms with van der Waals surface area (Å²) in [5.74, 6) is 2.40. The molecule has 2 N–H and O–H groups in total. The van der Waals surface area contributed by atoms with Gasteiger partial charge in [0, 0.05) is 12.1 Å². The average molecular weight is 267 g/mol. The van der Waals surface area contributed by atoms with Crippen molar-refractivity contribution in [2.24, 2.45) is 17.8 Å². The van der Waals surface area contributed by atoms with Crippen LogP contribution in [0.5, 0.6) is 0 Å². The van der Waals surface area contributed by atoms with Crippen LogP contribution >= 0.6 is 0 Å². The second-order valence-corrected chi connectivity index (χ2v) is 7.41. The van der Waals surface area contributed by atoms with E-state index in [-0.39, 0.29) is 6.10 Å². The van der Waals surface area contributed by atoms with Crippen LogP contribution in [0.4, 0.5) is 0 Å². The van der Waals surface area contributed by atoms with E-state index in [2.05, 4.69) is 26.1 Å². The third-order valence-corrected chi connectivity index (χ3v) is 5.43. The van der Waals surface area contributed by atoms with E-state index >= 15 is 0 Å². The molecule has 2 aliphatic rings. The predicted molar refractivity (Wildman–Crippen MR) is 81.1 cm³/mol. The summed E-state index contributed by atoms with van der Waals surface area (Å²) in [6, 6.07) is 0.973. The van der Waals surface area contributed by atoms with Gasteiger partial charge in [0.25, 0.3) is 0 Å². The average Bonchev–Trinajstić information content (AvgIpc) is 2.55. The number of hydrogen-bond donors (Lipinski definition) is 2. The molecule has 5 atom stereocenters. The van der Waals surface area contributed by atoms with Crippen LogP contribution in [0.15, 0.2) is 0 Å². The Kier molecular flexibility index (Phi) is 5.70. The number of aliphatic hydroxyl groups excluding tert-OH is 1. The first-order chi connectivity index (χ1) is 9.08. The highest BCUT2D eigenvalue weighted by atomic mass is 16.3. The van der Waals surface area contributed by atoms with Crippen molar-refractivity contribution in [2.45, 2.75) is 90.3 Å². The molecule has 0 bridgehead atoms.